The van der Waals surface area contributed by atoms with Crippen molar-refractivity contribution in [3.05, 3.63) is 29.8 Å². The first kappa shape index (κ1) is 14.9. The molecule has 1 unspecified atom stereocenters. The molecule has 1 aromatic carbocycles. The van der Waals surface area contributed by atoms with Crippen molar-refractivity contribution in [3.8, 4) is 5.75 Å². The third kappa shape index (κ3) is 3.51. The van der Waals surface area contributed by atoms with Crippen molar-refractivity contribution in [2.75, 3.05) is 27.2 Å². The van der Waals surface area contributed by atoms with Gasteiger partial charge in [-0.25, -0.2) is 0 Å². The SMILES string of the molecule is CNCC(=O)N1CCCCCC1c1ccc(OC)cc1. The van der Waals surface area contributed by atoms with Crippen LogP contribution < -0.4 is 10.1 Å². The van der Waals surface area contributed by atoms with Crippen LogP contribution in [-0.4, -0.2) is 38.1 Å². The van der Waals surface area contributed by atoms with Crippen LogP contribution in [0.15, 0.2) is 24.3 Å². The second-order valence-electron chi connectivity index (χ2n) is 5.26. The van der Waals surface area contributed by atoms with Gasteiger partial charge in [0.1, 0.15) is 5.75 Å². The topological polar surface area (TPSA) is 41.6 Å². The van der Waals surface area contributed by atoms with Gasteiger partial charge in [-0.2, -0.15) is 0 Å². The molecular formula is C16H24N2O2. The molecule has 1 aromatic rings. The number of carbonyl (C=O) groups excluding carboxylic acids is 1. The van der Waals surface area contributed by atoms with Crippen LogP contribution in [0.4, 0.5) is 0 Å². The number of ether oxygens (including phenoxy) is 1. The maximum Gasteiger partial charge on any atom is 0.237 e. The van der Waals surface area contributed by atoms with Crippen molar-refractivity contribution in [3.63, 3.8) is 0 Å². The lowest BCUT2D eigenvalue weighted by molar-refractivity contribution is -0.132. The smallest absolute Gasteiger partial charge is 0.237 e. The van der Waals surface area contributed by atoms with Crippen LogP contribution in [-0.2, 0) is 4.79 Å². The lowest BCUT2D eigenvalue weighted by Crippen LogP contribution is -2.39. The van der Waals surface area contributed by atoms with Crippen molar-refractivity contribution < 1.29 is 9.53 Å². The van der Waals surface area contributed by atoms with Gasteiger partial charge in [-0.15, -0.1) is 0 Å². The van der Waals surface area contributed by atoms with E-state index in [-0.39, 0.29) is 11.9 Å². The Morgan fingerprint density at radius 2 is 2.05 bits per heavy atom. The number of amides is 1. The molecule has 0 radical (unpaired) electrons. The molecule has 4 nitrogen and oxygen atoms in total. The summed E-state index contributed by atoms with van der Waals surface area (Å²) in [5.41, 5.74) is 1.21. The van der Waals surface area contributed by atoms with Gasteiger partial charge in [0.05, 0.1) is 19.7 Å². The van der Waals surface area contributed by atoms with Crippen LogP contribution in [0.2, 0.25) is 0 Å². The fraction of sp³-hybridized carbons (Fsp3) is 0.562. The van der Waals surface area contributed by atoms with Gasteiger partial charge in [-0.3, -0.25) is 4.79 Å². The quantitative estimate of drug-likeness (QED) is 0.918. The molecule has 1 N–H and O–H groups in total. The largest absolute Gasteiger partial charge is 0.497 e. The molecular weight excluding hydrogens is 252 g/mol. The molecule has 1 amide bonds. The van der Waals surface area contributed by atoms with Crippen LogP contribution in [0, 0.1) is 0 Å². The van der Waals surface area contributed by atoms with Gasteiger partial charge in [0, 0.05) is 6.54 Å². The van der Waals surface area contributed by atoms with Crippen LogP contribution in [0.1, 0.15) is 37.3 Å². The van der Waals surface area contributed by atoms with E-state index in [0.29, 0.717) is 6.54 Å². The third-order valence-corrected chi connectivity index (χ3v) is 3.90. The Morgan fingerprint density at radius 3 is 2.70 bits per heavy atom. The molecule has 2 rings (SSSR count). The monoisotopic (exact) mass is 276 g/mol. The summed E-state index contributed by atoms with van der Waals surface area (Å²) in [4.78, 5) is 14.3. The van der Waals surface area contributed by atoms with Gasteiger partial charge in [-0.1, -0.05) is 25.0 Å². The molecule has 1 fully saturated rings. The zero-order chi connectivity index (χ0) is 14.4. The molecule has 110 valence electrons. The average molecular weight is 276 g/mol. The molecule has 0 aliphatic carbocycles. The first-order valence-electron chi connectivity index (χ1n) is 7.34. The molecule has 0 saturated carbocycles. The molecule has 0 bridgehead atoms. The van der Waals surface area contributed by atoms with E-state index in [1.54, 1.807) is 7.11 Å². The summed E-state index contributed by atoms with van der Waals surface area (Å²) in [6, 6.07) is 8.30. The number of methoxy groups -OCH3 is 1. The van der Waals surface area contributed by atoms with E-state index in [0.717, 1.165) is 25.1 Å². The van der Waals surface area contributed by atoms with Gasteiger partial charge in [0.15, 0.2) is 0 Å². The van der Waals surface area contributed by atoms with Crippen LogP contribution in [0.25, 0.3) is 0 Å². The number of nitrogens with one attached hydrogen (secondary N) is 1. The van der Waals surface area contributed by atoms with Crippen molar-refractivity contribution in [2.45, 2.75) is 31.7 Å². The number of likely N-dealkylation sites (tertiary alicyclic amines) is 1. The highest BCUT2D eigenvalue weighted by atomic mass is 16.5. The molecule has 1 aliphatic heterocycles. The Morgan fingerprint density at radius 1 is 1.30 bits per heavy atom. The number of carbonyl (C=O) groups is 1. The van der Waals surface area contributed by atoms with Crippen LogP contribution in [0.5, 0.6) is 5.75 Å². The molecule has 0 aromatic heterocycles. The summed E-state index contributed by atoms with van der Waals surface area (Å²) in [7, 11) is 3.49. The normalized spacial score (nSPS) is 19.5. The lowest BCUT2D eigenvalue weighted by atomic mass is 10.0. The van der Waals surface area contributed by atoms with Crippen molar-refractivity contribution in [1.29, 1.82) is 0 Å². The first-order chi connectivity index (χ1) is 9.76. The molecule has 1 aliphatic rings. The Kier molecular flexibility index (Phi) is 5.41. The predicted molar refractivity (Wildman–Crippen MR) is 79.8 cm³/mol. The minimum absolute atomic E-state index is 0.190. The van der Waals surface area contributed by atoms with Crippen molar-refractivity contribution >= 4 is 5.91 Å². The van der Waals surface area contributed by atoms with Crippen LogP contribution >= 0.6 is 0 Å². The van der Waals surface area contributed by atoms with E-state index in [1.807, 2.05) is 24.1 Å². The zero-order valence-corrected chi connectivity index (χ0v) is 12.4. The molecule has 4 heteroatoms. The van der Waals surface area contributed by atoms with Crippen LogP contribution in [0.3, 0.4) is 0 Å². The molecule has 0 spiro atoms. The Labute approximate surface area is 121 Å². The second-order valence-corrected chi connectivity index (χ2v) is 5.26. The van der Waals surface area contributed by atoms with Gasteiger partial charge in [-0.05, 0) is 37.6 Å². The van der Waals surface area contributed by atoms with E-state index in [9.17, 15) is 4.79 Å². The maximum atomic E-state index is 12.3. The number of rotatable bonds is 4. The van der Waals surface area contributed by atoms with E-state index in [4.69, 9.17) is 4.74 Å². The highest BCUT2D eigenvalue weighted by Crippen LogP contribution is 2.31. The summed E-state index contributed by atoms with van der Waals surface area (Å²) in [6.07, 6.45) is 4.53. The van der Waals surface area contributed by atoms with E-state index >= 15 is 0 Å². The zero-order valence-electron chi connectivity index (χ0n) is 12.4. The van der Waals surface area contributed by atoms with E-state index in [1.165, 1.54) is 18.4 Å². The highest BCUT2D eigenvalue weighted by molar-refractivity contribution is 5.78. The summed E-state index contributed by atoms with van der Waals surface area (Å²) in [5.74, 6) is 1.05. The third-order valence-electron chi connectivity index (χ3n) is 3.90. The molecule has 1 atom stereocenters. The van der Waals surface area contributed by atoms with E-state index in [2.05, 4.69) is 17.4 Å². The molecule has 20 heavy (non-hydrogen) atoms. The summed E-state index contributed by atoms with van der Waals surface area (Å²) >= 11 is 0. The van der Waals surface area contributed by atoms with E-state index < -0.39 is 0 Å². The number of nitrogens with zero attached hydrogens (tertiary/aromatic N) is 1. The maximum absolute atomic E-state index is 12.3. The lowest BCUT2D eigenvalue weighted by Gasteiger charge is -2.30. The standard InChI is InChI=1S/C16H24N2O2/c1-17-12-16(19)18-11-5-3-4-6-15(18)13-7-9-14(20-2)10-8-13/h7-10,15,17H,3-6,11-12H2,1-2H3. The van der Waals surface area contributed by atoms with Gasteiger partial charge in [0.2, 0.25) is 5.91 Å². The highest BCUT2D eigenvalue weighted by Gasteiger charge is 2.26. The Bertz CT molecular complexity index is 431. The fourth-order valence-electron chi connectivity index (χ4n) is 2.83. The minimum atomic E-state index is 0.190. The summed E-state index contributed by atoms with van der Waals surface area (Å²) in [6.45, 7) is 1.27. The number of likely N-dealkylation sites (N-methyl/N-ethyl adjacent to an activating group) is 1. The van der Waals surface area contributed by atoms with Gasteiger partial charge < -0.3 is 15.0 Å². The van der Waals surface area contributed by atoms with Gasteiger partial charge >= 0.3 is 0 Å². The minimum Gasteiger partial charge on any atom is -0.497 e. The molecule has 1 heterocycles. The first-order valence-corrected chi connectivity index (χ1v) is 7.34. The second kappa shape index (κ2) is 7.29. The summed E-state index contributed by atoms with van der Waals surface area (Å²) in [5, 5.41) is 2.96. The average Bonchev–Trinajstić information content (AvgIpc) is 2.73. The van der Waals surface area contributed by atoms with Gasteiger partial charge in [0.25, 0.3) is 0 Å². The Hall–Kier alpha value is -1.55. The number of hydrogen-bond acceptors (Lipinski definition) is 3. The van der Waals surface area contributed by atoms with Crippen molar-refractivity contribution in [2.24, 2.45) is 0 Å². The number of benzene rings is 1. The number of hydrogen-bond donors (Lipinski definition) is 1. The fourth-order valence-corrected chi connectivity index (χ4v) is 2.83. The Balaban J connectivity index is 2.20. The van der Waals surface area contributed by atoms with Crippen molar-refractivity contribution in [1.82, 2.24) is 10.2 Å². The summed E-state index contributed by atoms with van der Waals surface area (Å²) < 4.78 is 5.20. The predicted octanol–water partition coefficient (Wildman–Crippen LogP) is 2.36. The molecule has 1 saturated heterocycles.